The Morgan fingerprint density at radius 1 is 1.43 bits per heavy atom. The van der Waals surface area contributed by atoms with Crippen LogP contribution in [0.15, 0.2) is 12.1 Å². The van der Waals surface area contributed by atoms with Crippen molar-refractivity contribution in [2.45, 2.75) is 24.8 Å². The van der Waals surface area contributed by atoms with Gasteiger partial charge in [-0.15, -0.1) is 11.8 Å². The van der Waals surface area contributed by atoms with Crippen LogP contribution in [0.3, 0.4) is 0 Å². The van der Waals surface area contributed by atoms with E-state index in [9.17, 15) is 14.7 Å². The maximum absolute atomic E-state index is 12.6. The monoisotopic (exact) mass is 348 g/mol. The number of carbonyl (C=O) groups is 2. The van der Waals surface area contributed by atoms with Crippen LogP contribution < -0.4 is 5.73 Å². The van der Waals surface area contributed by atoms with Crippen LogP contribution in [-0.2, 0) is 4.79 Å². The van der Waals surface area contributed by atoms with Crippen molar-refractivity contribution in [3.63, 3.8) is 0 Å². The van der Waals surface area contributed by atoms with Gasteiger partial charge < -0.3 is 15.7 Å². The zero-order valence-electron chi connectivity index (χ0n) is 11.2. The number of carboxylic acid groups (broad SMARTS) is 1. The lowest BCUT2D eigenvalue weighted by Gasteiger charge is -2.27. The Hall–Kier alpha value is -1.11. The molecule has 1 amide bonds. The quantitative estimate of drug-likeness (QED) is 0.820. The standard InChI is InChI=1S/C13H14Cl2N2O3S/c1-2-10-17(9(5-21-10)13(19)20)12(18)6-3-7(14)11(16)8(15)4-6/h3-4,9-10H,2,5,16H2,1H3,(H,19,20). The molecule has 1 aromatic rings. The number of rotatable bonds is 3. The summed E-state index contributed by atoms with van der Waals surface area (Å²) in [7, 11) is 0. The number of halogens is 2. The number of aliphatic carboxylic acids is 1. The van der Waals surface area contributed by atoms with Gasteiger partial charge in [0.15, 0.2) is 0 Å². The molecule has 1 aliphatic rings. The molecule has 1 fully saturated rings. The Morgan fingerprint density at radius 3 is 2.48 bits per heavy atom. The molecule has 0 aromatic heterocycles. The lowest BCUT2D eigenvalue weighted by molar-refractivity contribution is -0.141. The van der Waals surface area contributed by atoms with Gasteiger partial charge in [-0.1, -0.05) is 30.1 Å². The van der Waals surface area contributed by atoms with Gasteiger partial charge in [0.1, 0.15) is 6.04 Å². The molecule has 2 rings (SSSR count). The van der Waals surface area contributed by atoms with Gasteiger partial charge in [0.25, 0.3) is 5.91 Å². The predicted octanol–water partition coefficient (Wildman–Crippen LogP) is 2.95. The average molecular weight is 349 g/mol. The molecule has 0 spiro atoms. The first kappa shape index (κ1) is 16.3. The Morgan fingerprint density at radius 2 is 2.00 bits per heavy atom. The summed E-state index contributed by atoms with van der Waals surface area (Å²) in [6.45, 7) is 1.91. The lowest BCUT2D eigenvalue weighted by Crippen LogP contribution is -2.45. The molecule has 2 unspecified atom stereocenters. The van der Waals surface area contributed by atoms with Crippen LogP contribution in [0.25, 0.3) is 0 Å². The van der Waals surface area contributed by atoms with Crippen LogP contribution in [0.4, 0.5) is 5.69 Å². The van der Waals surface area contributed by atoms with Crippen LogP contribution in [-0.4, -0.2) is 39.1 Å². The van der Waals surface area contributed by atoms with Crippen molar-refractivity contribution in [2.24, 2.45) is 0 Å². The van der Waals surface area contributed by atoms with E-state index in [1.54, 1.807) is 0 Å². The maximum atomic E-state index is 12.6. The summed E-state index contributed by atoms with van der Waals surface area (Å²) < 4.78 is 0. The molecule has 1 heterocycles. The highest BCUT2D eigenvalue weighted by molar-refractivity contribution is 8.00. The van der Waals surface area contributed by atoms with Gasteiger partial charge >= 0.3 is 5.97 Å². The topological polar surface area (TPSA) is 83.6 Å². The molecule has 1 aromatic carbocycles. The zero-order chi connectivity index (χ0) is 15.7. The van der Waals surface area contributed by atoms with E-state index in [0.717, 1.165) is 0 Å². The molecule has 0 aliphatic carbocycles. The summed E-state index contributed by atoms with van der Waals surface area (Å²) in [6.07, 6.45) is 0.663. The average Bonchev–Trinajstić information content (AvgIpc) is 2.87. The number of hydrogen-bond donors (Lipinski definition) is 2. The summed E-state index contributed by atoms with van der Waals surface area (Å²) in [5.41, 5.74) is 6.09. The third kappa shape index (κ3) is 3.07. The van der Waals surface area contributed by atoms with Crippen molar-refractivity contribution in [2.75, 3.05) is 11.5 Å². The Labute approximate surface area is 136 Å². The first-order chi connectivity index (χ1) is 9.86. The van der Waals surface area contributed by atoms with Crippen molar-refractivity contribution >= 4 is 52.5 Å². The fourth-order valence-electron chi connectivity index (χ4n) is 2.20. The highest BCUT2D eigenvalue weighted by atomic mass is 35.5. The van der Waals surface area contributed by atoms with Gasteiger partial charge in [0.05, 0.1) is 21.1 Å². The summed E-state index contributed by atoms with van der Waals surface area (Å²) in [6, 6.07) is 1.99. The molecule has 2 atom stereocenters. The summed E-state index contributed by atoms with van der Waals surface area (Å²) in [5, 5.41) is 9.45. The number of thioether (sulfide) groups is 1. The second-order valence-electron chi connectivity index (χ2n) is 4.62. The molecule has 0 radical (unpaired) electrons. The Kier molecular flexibility index (Phi) is 4.91. The van der Waals surface area contributed by atoms with Crippen LogP contribution in [0, 0.1) is 0 Å². The van der Waals surface area contributed by atoms with Gasteiger partial charge in [0, 0.05) is 11.3 Å². The molecule has 0 bridgehead atoms. The molecule has 1 aliphatic heterocycles. The van der Waals surface area contributed by atoms with E-state index in [1.807, 2.05) is 6.92 Å². The number of carbonyl (C=O) groups excluding carboxylic acids is 1. The molecular formula is C13H14Cl2N2O3S. The highest BCUT2D eigenvalue weighted by Crippen LogP contribution is 2.35. The zero-order valence-corrected chi connectivity index (χ0v) is 13.5. The fraction of sp³-hybridized carbons (Fsp3) is 0.385. The number of nitrogens with zero attached hydrogens (tertiary/aromatic N) is 1. The second kappa shape index (κ2) is 6.34. The van der Waals surface area contributed by atoms with E-state index in [-0.39, 0.29) is 26.7 Å². The van der Waals surface area contributed by atoms with Gasteiger partial charge in [-0.2, -0.15) is 0 Å². The minimum Gasteiger partial charge on any atom is -0.480 e. The normalized spacial score (nSPS) is 21.6. The van der Waals surface area contributed by atoms with Gasteiger partial charge in [-0.3, -0.25) is 4.79 Å². The Balaban J connectivity index is 2.39. The number of nitrogen functional groups attached to an aromatic ring is 1. The van der Waals surface area contributed by atoms with Gasteiger partial charge in [-0.25, -0.2) is 4.79 Å². The first-order valence-corrected chi connectivity index (χ1v) is 8.08. The number of carboxylic acids is 1. The van der Waals surface area contributed by atoms with E-state index < -0.39 is 17.9 Å². The molecule has 21 heavy (non-hydrogen) atoms. The van der Waals surface area contributed by atoms with Gasteiger partial charge in [0.2, 0.25) is 0 Å². The minimum absolute atomic E-state index is 0.172. The fourth-order valence-corrected chi connectivity index (χ4v) is 4.03. The van der Waals surface area contributed by atoms with Crippen molar-refractivity contribution in [3.05, 3.63) is 27.7 Å². The van der Waals surface area contributed by atoms with E-state index in [4.69, 9.17) is 28.9 Å². The number of nitrogens with two attached hydrogens (primary N) is 1. The molecule has 8 heteroatoms. The van der Waals surface area contributed by atoms with Crippen molar-refractivity contribution < 1.29 is 14.7 Å². The Bertz CT molecular complexity index is 574. The third-order valence-electron chi connectivity index (χ3n) is 3.29. The van der Waals surface area contributed by atoms with Crippen LogP contribution in [0.1, 0.15) is 23.7 Å². The van der Waals surface area contributed by atoms with E-state index in [2.05, 4.69) is 0 Å². The largest absolute Gasteiger partial charge is 0.480 e. The summed E-state index contributed by atoms with van der Waals surface area (Å²) >= 11 is 13.3. The minimum atomic E-state index is -1.01. The van der Waals surface area contributed by atoms with Crippen LogP contribution in [0.5, 0.6) is 0 Å². The molecule has 114 valence electrons. The molecule has 0 saturated carbocycles. The number of benzene rings is 1. The van der Waals surface area contributed by atoms with Crippen LogP contribution >= 0.6 is 35.0 Å². The van der Waals surface area contributed by atoms with E-state index in [0.29, 0.717) is 12.2 Å². The van der Waals surface area contributed by atoms with Crippen molar-refractivity contribution in [1.29, 1.82) is 0 Å². The van der Waals surface area contributed by atoms with Gasteiger partial charge in [-0.05, 0) is 18.6 Å². The first-order valence-electron chi connectivity index (χ1n) is 6.28. The third-order valence-corrected chi connectivity index (χ3v) is 5.37. The molecule has 3 N–H and O–H groups in total. The smallest absolute Gasteiger partial charge is 0.327 e. The van der Waals surface area contributed by atoms with E-state index in [1.165, 1.54) is 28.8 Å². The number of amides is 1. The number of hydrogen-bond acceptors (Lipinski definition) is 4. The molecular weight excluding hydrogens is 335 g/mol. The van der Waals surface area contributed by atoms with Crippen molar-refractivity contribution in [3.8, 4) is 0 Å². The van der Waals surface area contributed by atoms with E-state index >= 15 is 0 Å². The highest BCUT2D eigenvalue weighted by Gasteiger charge is 2.41. The SMILES string of the molecule is CCC1SCC(C(=O)O)N1C(=O)c1cc(Cl)c(N)c(Cl)c1. The number of anilines is 1. The van der Waals surface area contributed by atoms with Crippen molar-refractivity contribution in [1.82, 2.24) is 4.90 Å². The molecule has 1 saturated heterocycles. The lowest BCUT2D eigenvalue weighted by atomic mass is 10.1. The predicted molar refractivity (Wildman–Crippen MR) is 85.0 cm³/mol. The van der Waals surface area contributed by atoms with Crippen LogP contribution in [0.2, 0.25) is 10.0 Å². The summed E-state index contributed by atoms with van der Waals surface area (Å²) in [5.74, 6) is -1.04. The summed E-state index contributed by atoms with van der Waals surface area (Å²) in [4.78, 5) is 25.3. The second-order valence-corrected chi connectivity index (χ2v) is 6.64. The maximum Gasteiger partial charge on any atom is 0.327 e. The molecule has 5 nitrogen and oxygen atoms in total.